The first-order valence-electron chi connectivity index (χ1n) is 8.63. The fourth-order valence-electron chi connectivity index (χ4n) is 3.40. The van der Waals surface area contributed by atoms with Crippen LogP contribution in [0.2, 0.25) is 0 Å². The lowest BCUT2D eigenvalue weighted by Gasteiger charge is -2.29. The highest BCUT2D eigenvalue weighted by Gasteiger charge is 2.35. The first-order valence-corrected chi connectivity index (χ1v) is 8.63. The molecule has 2 aromatic rings. The van der Waals surface area contributed by atoms with Gasteiger partial charge in [-0.05, 0) is 12.6 Å². The van der Waals surface area contributed by atoms with Gasteiger partial charge in [0, 0.05) is 27.2 Å². The molecule has 1 aliphatic rings. The van der Waals surface area contributed by atoms with Crippen LogP contribution >= 0.6 is 0 Å². The molecule has 0 bridgehead atoms. The van der Waals surface area contributed by atoms with Crippen LogP contribution in [0, 0.1) is 0 Å². The molecule has 1 aliphatic heterocycles. The molecule has 3 rings (SSSR count). The molecule has 144 valence electrons. The van der Waals surface area contributed by atoms with Gasteiger partial charge in [-0.1, -0.05) is 30.3 Å². The topological polar surface area (TPSA) is 106 Å². The summed E-state index contributed by atoms with van der Waals surface area (Å²) in [6, 6.07) is 9.99. The standard InChI is InChI=1S/C18H24N6O3/c1-21(9-12-7-5-4-6-8-12)11-14-20-16-15(24(14)10-13(19)25)17(26)23(3)18(27)22(16)2/h4-8,14,20H,9-11H2,1-3H3,(H2,19,25). The normalized spacial score (nSPS) is 15.7. The molecule has 0 saturated carbocycles. The number of nitrogens with zero attached hydrogens (tertiary/aromatic N) is 4. The van der Waals surface area contributed by atoms with Crippen LogP contribution < -0.4 is 27.2 Å². The quantitative estimate of drug-likeness (QED) is 0.692. The van der Waals surface area contributed by atoms with Crippen molar-refractivity contribution in [2.75, 3.05) is 30.4 Å². The second kappa shape index (κ2) is 7.28. The number of nitrogens with two attached hydrogens (primary N) is 1. The Morgan fingerprint density at radius 1 is 1.19 bits per heavy atom. The maximum Gasteiger partial charge on any atom is 0.332 e. The van der Waals surface area contributed by atoms with Crippen molar-refractivity contribution in [2.45, 2.75) is 12.7 Å². The summed E-state index contributed by atoms with van der Waals surface area (Å²) in [6.45, 7) is 1.11. The monoisotopic (exact) mass is 372 g/mol. The second-order valence-corrected chi connectivity index (χ2v) is 6.84. The summed E-state index contributed by atoms with van der Waals surface area (Å²) in [4.78, 5) is 40.2. The molecule has 0 saturated heterocycles. The number of fused-ring (bicyclic) bond motifs is 1. The number of anilines is 2. The third kappa shape index (κ3) is 3.59. The Morgan fingerprint density at radius 3 is 2.48 bits per heavy atom. The molecule has 1 atom stereocenters. The summed E-state index contributed by atoms with van der Waals surface area (Å²) in [5.74, 6) is -0.140. The molecule has 9 heteroatoms. The lowest BCUT2D eigenvalue weighted by atomic mass is 10.2. The molecule has 27 heavy (non-hydrogen) atoms. The van der Waals surface area contributed by atoms with Gasteiger partial charge in [0.15, 0.2) is 0 Å². The maximum absolute atomic E-state index is 12.7. The van der Waals surface area contributed by atoms with E-state index in [2.05, 4.69) is 10.2 Å². The lowest BCUT2D eigenvalue weighted by molar-refractivity contribution is -0.116. The predicted molar refractivity (Wildman–Crippen MR) is 104 cm³/mol. The summed E-state index contributed by atoms with van der Waals surface area (Å²) in [7, 11) is 4.96. The zero-order chi connectivity index (χ0) is 19.7. The molecular weight excluding hydrogens is 348 g/mol. The first-order chi connectivity index (χ1) is 12.8. The molecule has 0 aliphatic carbocycles. The summed E-state index contributed by atoms with van der Waals surface area (Å²) < 4.78 is 2.41. The molecule has 0 fully saturated rings. The molecule has 9 nitrogen and oxygen atoms in total. The van der Waals surface area contributed by atoms with Crippen LogP contribution in [0.25, 0.3) is 0 Å². The summed E-state index contributed by atoms with van der Waals surface area (Å²) >= 11 is 0. The second-order valence-electron chi connectivity index (χ2n) is 6.84. The number of rotatable bonds is 6. The van der Waals surface area contributed by atoms with E-state index in [9.17, 15) is 14.4 Å². The lowest BCUT2D eigenvalue weighted by Crippen LogP contribution is -2.48. The van der Waals surface area contributed by atoms with Gasteiger partial charge >= 0.3 is 5.69 Å². The number of primary amides is 1. The van der Waals surface area contributed by atoms with Crippen molar-refractivity contribution in [3.8, 4) is 0 Å². The average Bonchev–Trinajstić information content (AvgIpc) is 2.96. The van der Waals surface area contributed by atoms with E-state index in [0.717, 1.165) is 10.1 Å². The molecule has 3 N–H and O–H groups in total. The van der Waals surface area contributed by atoms with Gasteiger partial charge in [0.05, 0.1) is 6.54 Å². The van der Waals surface area contributed by atoms with E-state index in [1.807, 2.05) is 37.4 Å². The first kappa shape index (κ1) is 18.7. The van der Waals surface area contributed by atoms with E-state index in [-0.39, 0.29) is 18.4 Å². The summed E-state index contributed by atoms with van der Waals surface area (Å²) in [5, 5.41) is 3.21. The van der Waals surface area contributed by atoms with Gasteiger partial charge in [-0.3, -0.25) is 23.6 Å². The Morgan fingerprint density at radius 2 is 1.85 bits per heavy atom. The molecule has 1 aromatic carbocycles. The molecule has 1 aromatic heterocycles. The van der Waals surface area contributed by atoms with Crippen LogP contribution in [-0.2, 0) is 25.4 Å². The summed E-state index contributed by atoms with van der Waals surface area (Å²) in [6.07, 6.45) is -0.359. The zero-order valence-electron chi connectivity index (χ0n) is 15.7. The van der Waals surface area contributed by atoms with Crippen LogP contribution in [0.3, 0.4) is 0 Å². The van der Waals surface area contributed by atoms with E-state index < -0.39 is 17.2 Å². The number of hydrogen-bond donors (Lipinski definition) is 2. The van der Waals surface area contributed by atoms with Crippen LogP contribution in [-0.4, -0.2) is 46.2 Å². The van der Waals surface area contributed by atoms with Crippen molar-refractivity contribution >= 4 is 17.4 Å². The van der Waals surface area contributed by atoms with Crippen molar-refractivity contribution in [3.63, 3.8) is 0 Å². The number of aromatic nitrogens is 2. The molecule has 1 unspecified atom stereocenters. The van der Waals surface area contributed by atoms with Gasteiger partial charge < -0.3 is 16.0 Å². The Balaban J connectivity index is 1.90. The van der Waals surface area contributed by atoms with E-state index in [1.54, 1.807) is 11.9 Å². The Bertz CT molecular complexity index is 966. The van der Waals surface area contributed by atoms with E-state index in [4.69, 9.17) is 5.73 Å². The molecule has 0 radical (unpaired) electrons. The molecule has 0 spiro atoms. The molecular formula is C18H24N6O3. The third-order valence-electron chi connectivity index (χ3n) is 4.71. The Hall–Kier alpha value is -3.07. The number of benzene rings is 1. The third-order valence-corrected chi connectivity index (χ3v) is 4.71. The van der Waals surface area contributed by atoms with Crippen molar-refractivity contribution < 1.29 is 4.79 Å². The van der Waals surface area contributed by atoms with Crippen molar-refractivity contribution in [1.29, 1.82) is 0 Å². The van der Waals surface area contributed by atoms with E-state index >= 15 is 0 Å². The highest BCUT2D eigenvalue weighted by atomic mass is 16.2. The van der Waals surface area contributed by atoms with Gasteiger partial charge in [0.1, 0.15) is 17.7 Å². The van der Waals surface area contributed by atoms with Gasteiger partial charge in [-0.15, -0.1) is 0 Å². The SMILES string of the molecule is CN(Cc1ccccc1)CC1Nc2c(c(=O)n(C)c(=O)n2C)N1CC(N)=O. The number of carbonyl (C=O) groups is 1. The van der Waals surface area contributed by atoms with Gasteiger partial charge in [-0.2, -0.15) is 0 Å². The predicted octanol–water partition coefficient (Wildman–Crippen LogP) is -0.741. The van der Waals surface area contributed by atoms with Gasteiger partial charge in [0.2, 0.25) is 5.91 Å². The highest BCUT2D eigenvalue weighted by Crippen LogP contribution is 2.29. The Labute approximate surface area is 156 Å². The number of nitrogens with one attached hydrogen (secondary N) is 1. The van der Waals surface area contributed by atoms with Crippen molar-refractivity contribution in [2.24, 2.45) is 19.8 Å². The maximum atomic E-state index is 12.7. The van der Waals surface area contributed by atoms with E-state index in [1.165, 1.54) is 11.6 Å². The highest BCUT2D eigenvalue weighted by molar-refractivity contribution is 5.83. The average molecular weight is 372 g/mol. The van der Waals surface area contributed by atoms with Crippen molar-refractivity contribution in [1.82, 2.24) is 14.0 Å². The minimum Gasteiger partial charge on any atom is -0.368 e. The van der Waals surface area contributed by atoms with E-state index in [0.29, 0.717) is 18.9 Å². The number of amides is 1. The summed E-state index contributed by atoms with van der Waals surface area (Å²) in [5.41, 5.74) is 5.97. The van der Waals surface area contributed by atoms with Gasteiger partial charge in [0.25, 0.3) is 5.56 Å². The fourth-order valence-corrected chi connectivity index (χ4v) is 3.40. The van der Waals surface area contributed by atoms with Crippen LogP contribution in [0.4, 0.5) is 11.5 Å². The van der Waals surface area contributed by atoms with Crippen molar-refractivity contribution in [3.05, 3.63) is 56.7 Å². The fraction of sp³-hybridized carbons (Fsp3) is 0.389. The largest absolute Gasteiger partial charge is 0.368 e. The van der Waals surface area contributed by atoms with Crippen LogP contribution in [0.5, 0.6) is 0 Å². The van der Waals surface area contributed by atoms with Gasteiger partial charge in [-0.25, -0.2) is 4.79 Å². The smallest absolute Gasteiger partial charge is 0.332 e. The van der Waals surface area contributed by atoms with Crippen LogP contribution in [0.15, 0.2) is 39.9 Å². The van der Waals surface area contributed by atoms with Crippen LogP contribution in [0.1, 0.15) is 5.56 Å². The number of carbonyl (C=O) groups excluding carboxylic acids is 1. The molecule has 2 heterocycles. The molecule has 1 amide bonds. The number of likely N-dealkylation sites (N-methyl/N-ethyl adjacent to an activating group) is 1. The minimum atomic E-state index is -0.545. The Kier molecular flexibility index (Phi) is 5.04. The minimum absolute atomic E-state index is 0.114. The zero-order valence-corrected chi connectivity index (χ0v) is 15.7. The number of hydrogen-bond acceptors (Lipinski definition) is 6.